The second kappa shape index (κ2) is 7.97. The molecule has 0 saturated heterocycles. The van der Waals surface area contributed by atoms with Gasteiger partial charge in [0.1, 0.15) is 17.2 Å². The van der Waals surface area contributed by atoms with Crippen LogP contribution in [0.1, 0.15) is 106 Å². The summed E-state index contributed by atoms with van der Waals surface area (Å²) >= 11 is 0. The molecule has 6 heteroatoms. The molecule has 188 valence electrons. The number of phenols is 3. The van der Waals surface area contributed by atoms with Gasteiger partial charge in [-0.1, -0.05) is 34.6 Å². The Hall–Kier alpha value is -2.08. The van der Waals surface area contributed by atoms with Crippen LogP contribution in [-0.4, -0.2) is 38.6 Å². The number of carbonyl (C=O) groups is 2. The molecule has 0 spiro atoms. The Balaban J connectivity index is 1.94. The highest BCUT2D eigenvalue weighted by atomic mass is 16.3. The van der Waals surface area contributed by atoms with E-state index in [9.17, 15) is 30.0 Å². The van der Waals surface area contributed by atoms with Crippen LogP contribution in [0.4, 0.5) is 0 Å². The molecule has 4 rings (SSSR count). The summed E-state index contributed by atoms with van der Waals surface area (Å²) in [4.78, 5) is 23.6. The first-order valence-electron chi connectivity index (χ1n) is 12.7. The van der Waals surface area contributed by atoms with E-state index in [2.05, 4.69) is 34.6 Å². The standard InChI is InChI=1S/C28H40O6/c1-14(2)11-19(20-24(32)15(12-29)23(31)16(13-30)25(20)33)27(5)9-7-18-22(27)21-17(26(21,3)4)8-10-28(18,6)34/h12-14,17-19,21-22,31-34H,7-11H2,1-6H3/t17-,18?,19+,21-,22-,27?,28-/m1/s1. The Morgan fingerprint density at radius 1 is 0.853 bits per heavy atom. The summed E-state index contributed by atoms with van der Waals surface area (Å²) in [6.07, 6.45) is 4.71. The molecule has 0 aliphatic heterocycles. The maximum Gasteiger partial charge on any atom is 0.157 e. The molecule has 3 aliphatic rings. The van der Waals surface area contributed by atoms with Crippen molar-refractivity contribution in [1.29, 1.82) is 0 Å². The number of aliphatic hydroxyl groups is 1. The second-order valence-electron chi connectivity index (χ2n) is 12.7. The zero-order chi connectivity index (χ0) is 25.4. The summed E-state index contributed by atoms with van der Waals surface area (Å²) in [5.74, 6) is -0.524. The second-order valence-corrected chi connectivity index (χ2v) is 12.7. The van der Waals surface area contributed by atoms with E-state index in [1.165, 1.54) is 0 Å². The van der Waals surface area contributed by atoms with E-state index in [0.717, 1.165) is 25.7 Å². The van der Waals surface area contributed by atoms with Gasteiger partial charge in [-0.3, -0.25) is 9.59 Å². The van der Waals surface area contributed by atoms with Gasteiger partial charge in [0.2, 0.25) is 0 Å². The predicted octanol–water partition coefficient (Wildman–Crippen LogP) is 5.41. The zero-order valence-electron chi connectivity index (χ0n) is 21.3. The fourth-order valence-electron chi connectivity index (χ4n) is 8.23. The van der Waals surface area contributed by atoms with E-state index >= 15 is 0 Å². The number of aldehydes is 2. The van der Waals surface area contributed by atoms with E-state index in [1.54, 1.807) is 0 Å². The highest BCUT2D eigenvalue weighted by Crippen LogP contribution is 2.76. The van der Waals surface area contributed by atoms with Crippen LogP contribution >= 0.6 is 0 Å². The summed E-state index contributed by atoms with van der Waals surface area (Å²) < 4.78 is 0. The van der Waals surface area contributed by atoms with Crippen molar-refractivity contribution in [3.05, 3.63) is 16.7 Å². The van der Waals surface area contributed by atoms with Gasteiger partial charge < -0.3 is 20.4 Å². The summed E-state index contributed by atoms with van der Waals surface area (Å²) in [5, 5.41) is 44.1. The molecule has 0 aromatic heterocycles. The van der Waals surface area contributed by atoms with Gasteiger partial charge in [-0.25, -0.2) is 0 Å². The van der Waals surface area contributed by atoms with E-state index in [-0.39, 0.29) is 51.2 Å². The number of fused-ring (bicyclic) bond motifs is 3. The molecule has 1 aromatic carbocycles. The topological polar surface area (TPSA) is 115 Å². The van der Waals surface area contributed by atoms with Crippen LogP contribution in [-0.2, 0) is 0 Å². The molecule has 3 aliphatic carbocycles. The number of rotatable bonds is 6. The van der Waals surface area contributed by atoms with Crippen molar-refractivity contribution in [3.63, 3.8) is 0 Å². The molecule has 3 saturated carbocycles. The first-order chi connectivity index (χ1) is 15.7. The fourth-order valence-corrected chi connectivity index (χ4v) is 8.23. The van der Waals surface area contributed by atoms with Crippen LogP contribution in [0.15, 0.2) is 0 Å². The highest BCUT2D eigenvalue weighted by Gasteiger charge is 2.70. The van der Waals surface area contributed by atoms with Crippen LogP contribution in [0.3, 0.4) is 0 Å². The number of carbonyl (C=O) groups excluding carboxylic acids is 2. The Kier molecular flexibility index (Phi) is 5.87. The molecule has 6 nitrogen and oxygen atoms in total. The molecule has 34 heavy (non-hydrogen) atoms. The van der Waals surface area contributed by atoms with Gasteiger partial charge in [0.15, 0.2) is 12.6 Å². The average molecular weight is 473 g/mol. The zero-order valence-corrected chi connectivity index (χ0v) is 21.3. The van der Waals surface area contributed by atoms with Gasteiger partial charge in [-0.05, 0) is 85.4 Å². The minimum Gasteiger partial charge on any atom is -0.507 e. The summed E-state index contributed by atoms with van der Waals surface area (Å²) in [5.41, 5.74) is -1.55. The van der Waals surface area contributed by atoms with Gasteiger partial charge in [0.25, 0.3) is 0 Å². The van der Waals surface area contributed by atoms with Crippen molar-refractivity contribution < 1.29 is 30.0 Å². The summed E-state index contributed by atoms with van der Waals surface area (Å²) in [7, 11) is 0. The van der Waals surface area contributed by atoms with Gasteiger partial charge in [-0.2, -0.15) is 0 Å². The number of phenolic OH excluding ortho intramolecular Hbond substituents is 3. The van der Waals surface area contributed by atoms with Crippen molar-refractivity contribution in [2.24, 2.45) is 40.4 Å². The molecule has 0 bridgehead atoms. The Labute approximate surface area is 202 Å². The average Bonchev–Trinajstić information content (AvgIpc) is 3.13. The van der Waals surface area contributed by atoms with E-state index in [4.69, 9.17) is 0 Å². The molecule has 0 amide bonds. The molecule has 4 N–H and O–H groups in total. The van der Waals surface area contributed by atoms with Crippen LogP contribution in [0.25, 0.3) is 0 Å². The van der Waals surface area contributed by atoms with Gasteiger partial charge in [0.05, 0.1) is 16.7 Å². The SMILES string of the molecule is CC(C)C[C@@H](c1c(O)c(C=O)c(O)c(C=O)c1O)C1(C)CCC2[C@@H]1[C@H]1[C@@H](CC[C@@]2(C)O)C1(C)C. The molecule has 2 unspecified atom stereocenters. The van der Waals surface area contributed by atoms with Gasteiger partial charge >= 0.3 is 0 Å². The molecule has 0 radical (unpaired) electrons. The lowest BCUT2D eigenvalue weighted by atomic mass is 9.59. The lowest BCUT2D eigenvalue weighted by Gasteiger charge is -2.45. The summed E-state index contributed by atoms with van der Waals surface area (Å²) in [6, 6.07) is 0. The predicted molar refractivity (Wildman–Crippen MR) is 129 cm³/mol. The molecular weight excluding hydrogens is 432 g/mol. The first kappa shape index (κ1) is 25.0. The van der Waals surface area contributed by atoms with Crippen molar-refractivity contribution >= 4 is 12.6 Å². The maximum absolute atomic E-state index is 11.8. The van der Waals surface area contributed by atoms with Crippen molar-refractivity contribution in [3.8, 4) is 17.2 Å². The monoisotopic (exact) mass is 472 g/mol. The Bertz CT molecular complexity index is 974. The highest BCUT2D eigenvalue weighted by molar-refractivity contribution is 5.95. The number of benzene rings is 1. The lowest BCUT2D eigenvalue weighted by Crippen LogP contribution is -2.42. The normalized spacial score (nSPS) is 36.9. The third-order valence-corrected chi connectivity index (χ3v) is 10.1. The quantitative estimate of drug-likeness (QED) is 0.412. The van der Waals surface area contributed by atoms with E-state index < -0.39 is 22.8 Å². The third kappa shape index (κ3) is 3.39. The third-order valence-electron chi connectivity index (χ3n) is 10.1. The Morgan fingerprint density at radius 2 is 1.38 bits per heavy atom. The molecule has 1 aromatic rings. The van der Waals surface area contributed by atoms with E-state index in [1.807, 2.05) is 6.92 Å². The molecular formula is C28H40O6. The molecule has 3 fully saturated rings. The van der Waals surface area contributed by atoms with E-state index in [0.29, 0.717) is 30.8 Å². The summed E-state index contributed by atoms with van der Waals surface area (Å²) in [6.45, 7) is 12.9. The minimum atomic E-state index is -0.782. The Morgan fingerprint density at radius 3 is 1.88 bits per heavy atom. The van der Waals surface area contributed by atoms with Gasteiger partial charge in [-0.15, -0.1) is 0 Å². The first-order valence-corrected chi connectivity index (χ1v) is 12.7. The van der Waals surface area contributed by atoms with Gasteiger partial charge in [0, 0.05) is 5.56 Å². The van der Waals surface area contributed by atoms with Crippen LogP contribution in [0.2, 0.25) is 0 Å². The fraction of sp³-hybridized carbons (Fsp3) is 0.714. The van der Waals surface area contributed by atoms with Crippen molar-refractivity contribution in [2.75, 3.05) is 0 Å². The van der Waals surface area contributed by atoms with Crippen molar-refractivity contribution in [2.45, 2.75) is 85.2 Å². The largest absolute Gasteiger partial charge is 0.507 e. The van der Waals surface area contributed by atoms with Crippen molar-refractivity contribution in [1.82, 2.24) is 0 Å². The molecule has 7 atom stereocenters. The smallest absolute Gasteiger partial charge is 0.157 e. The van der Waals surface area contributed by atoms with Crippen LogP contribution < -0.4 is 0 Å². The lowest BCUT2D eigenvalue weighted by molar-refractivity contribution is -0.0441. The maximum atomic E-state index is 11.8. The number of aromatic hydroxyl groups is 3. The van der Waals surface area contributed by atoms with Crippen LogP contribution in [0.5, 0.6) is 17.2 Å². The molecule has 0 heterocycles. The number of hydrogen-bond donors (Lipinski definition) is 4. The van der Waals surface area contributed by atoms with Crippen LogP contribution in [0, 0.1) is 40.4 Å². The number of hydrogen-bond acceptors (Lipinski definition) is 6. The minimum absolute atomic E-state index is 0.0985.